The molecule has 1 saturated heterocycles. The van der Waals surface area contributed by atoms with Gasteiger partial charge < -0.3 is 5.73 Å². The first kappa shape index (κ1) is 16.0. The summed E-state index contributed by atoms with van der Waals surface area (Å²) in [4.78, 5) is 6.58. The van der Waals surface area contributed by atoms with Crippen LogP contribution in [-0.4, -0.2) is 47.6 Å². The molecule has 20 heavy (non-hydrogen) atoms. The number of thiophene rings is 1. The number of piperazine rings is 1. The zero-order chi connectivity index (χ0) is 14.8. The van der Waals surface area contributed by atoms with Gasteiger partial charge in [-0.25, -0.2) is 0 Å². The molecule has 0 amide bonds. The predicted molar refractivity (Wildman–Crippen MR) is 88.2 cm³/mol. The van der Waals surface area contributed by atoms with Crippen LogP contribution >= 0.6 is 11.3 Å². The van der Waals surface area contributed by atoms with Gasteiger partial charge in [0.05, 0.1) is 6.04 Å². The molecule has 2 heterocycles. The Morgan fingerprint density at radius 2 is 1.90 bits per heavy atom. The first-order chi connectivity index (χ1) is 9.43. The molecule has 2 atom stereocenters. The lowest BCUT2D eigenvalue weighted by atomic mass is 10.0. The number of rotatable bonds is 4. The lowest BCUT2D eigenvalue weighted by Crippen LogP contribution is -2.55. The van der Waals surface area contributed by atoms with E-state index in [4.69, 9.17) is 5.73 Å². The average Bonchev–Trinajstić information content (AvgIpc) is 2.92. The van der Waals surface area contributed by atoms with E-state index >= 15 is 0 Å². The molecular weight excluding hydrogens is 266 g/mol. The van der Waals surface area contributed by atoms with Gasteiger partial charge in [0.25, 0.3) is 0 Å². The summed E-state index contributed by atoms with van der Waals surface area (Å²) < 4.78 is 0. The van der Waals surface area contributed by atoms with Crippen LogP contribution in [0.3, 0.4) is 0 Å². The maximum atomic E-state index is 6.41. The Balaban J connectivity index is 2.06. The number of hydrogen-bond donors (Lipinski definition) is 1. The summed E-state index contributed by atoms with van der Waals surface area (Å²) in [7, 11) is 0. The SMILES string of the molecule is CCC(N)C(c1cccs1)N1CCN(C(C)(C)C)CC1. The fraction of sp³-hybridized carbons (Fsp3) is 0.750. The van der Waals surface area contributed by atoms with Gasteiger partial charge in [-0.1, -0.05) is 13.0 Å². The van der Waals surface area contributed by atoms with Crippen LogP contribution in [0.1, 0.15) is 45.0 Å². The molecule has 1 aliphatic rings. The average molecular weight is 295 g/mol. The van der Waals surface area contributed by atoms with Gasteiger partial charge in [0.1, 0.15) is 0 Å². The van der Waals surface area contributed by atoms with Gasteiger partial charge >= 0.3 is 0 Å². The van der Waals surface area contributed by atoms with E-state index < -0.39 is 0 Å². The van der Waals surface area contributed by atoms with Gasteiger partial charge in [0.15, 0.2) is 0 Å². The van der Waals surface area contributed by atoms with Crippen molar-refractivity contribution in [1.82, 2.24) is 9.80 Å². The smallest absolute Gasteiger partial charge is 0.0594 e. The zero-order valence-corrected chi connectivity index (χ0v) is 14.1. The van der Waals surface area contributed by atoms with Crippen LogP contribution in [0.2, 0.25) is 0 Å². The topological polar surface area (TPSA) is 32.5 Å². The highest BCUT2D eigenvalue weighted by atomic mass is 32.1. The van der Waals surface area contributed by atoms with Gasteiger partial charge in [0, 0.05) is 42.6 Å². The van der Waals surface area contributed by atoms with Crippen molar-refractivity contribution in [3.8, 4) is 0 Å². The normalized spacial score (nSPS) is 21.9. The van der Waals surface area contributed by atoms with Gasteiger partial charge in [0.2, 0.25) is 0 Å². The van der Waals surface area contributed by atoms with Crippen molar-refractivity contribution in [3.05, 3.63) is 22.4 Å². The Labute approximate surface area is 127 Å². The van der Waals surface area contributed by atoms with Crippen molar-refractivity contribution >= 4 is 11.3 Å². The van der Waals surface area contributed by atoms with Crippen LogP contribution in [0.4, 0.5) is 0 Å². The van der Waals surface area contributed by atoms with Gasteiger partial charge in [-0.2, -0.15) is 0 Å². The molecule has 114 valence electrons. The summed E-state index contributed by atoms with van der Waals surface area (Å²) in [5.41, 5.74) is 6.69. The van der Waals surface area contributed by atoms with E-state index in [0.29, 0.717) is 6.04 Å². The van der Waals surface area contributed by atoms with Crippen LogP contribution in [0, 0.1) is 0 Å². The Morgan fingerprint density at radius 1 is 1.25 bits per heavy atom. The third-order valence-electron chi connectivity index (χ3n) is 4.37. The monoisotopic (exact) mass is 295 g/mol. The van der Waals surface area contributed by atoms with Crippen LogP contribution in [0.25, 0.3) is 0 Å². The van der Waals surface area contributed by atoms with Crippen molar-refractivity contribution in [3.63, 3.8) is 0 Å². The second-order valence-corrected chi connectivity index (χ2v) is 7.71. The quantitative estimate of drug-likeness (QED) is 0.927. The van der Waals surface area contributed by atoms with E-state index in [-0.39, 0.29) is 11.6 Å². The van der Waals surface area contributed by atoms with E-state index in [1.165, 1.54) is 4.88 Å². The minimum atomic E-state index is 0.231. The maximum absolute atomic E-state index is 6.41. The summed E-state index contributed by atoms with van der Waals surface area (Å²) in [6.45, 7) is 13.6. The lowest BCUT2D eigenvalue weighted by Gasteiger charge is -2.45. The molecule has 0 radical (unpaired) electrons. The highest BCUT2D eigenvalue weighted by Crippen LogP contribution is 2.30. The summed E-state index contributed by atoms with van der Waals surface area (Å²) >= 11 is 1.84. The lowest BCUT2D eigenvalue weighted by molar-refractivity contribution is 0.0360. The number of hydrogen-bond acceptors (Lipinski definition) is 4. The molecule has 1 aromatic rings. The summed E-state index contributed by atoms with van der Waals surface area (Å²) in [6.07, 6.45) is 1.03. The van der Waals surface area contributed by atoms with Crippen molar-refractivity contribution in [2.75, 3.05) is 26.2 Å². The Kier molecular flexibility index (Phi) is 5.24. The van der Waals surface area contributed by atoms with Crippen LogP contribution < -0.4 is 5.73 Å². The van der Waals surface area contributed by atoms with E-state index in [0.717, 1.165) is 32.6 Å². The highest BCUT2D eigenvalue weighted by Gasteiger charge is 2.32. The fourth-order valence-electron chi connectivity index (χ4n) is 3.02. The minimum absolute atomic E-state index is 0.231. The van der Waals surface area contributed by atoms with Crippen molar-refractivity contribution < 1.29 is 0 Å². The molecule has 2 N–H and O–H groups in total. The first-order valence-electron chi connectivity index (χ1n) is 7.71. The molecule has 1 aliphatic heterocycles. The molecule has 0 bridgehead atoms. The first-order valence-corrected chi connectivity index (χ1v) is 8.59. The second-order valence-electron chi connectivity index (χ2n) is 6.73. The number of nitrogens with zero attached hydrogens (tertiary/aromatic N) is 2. The molecule has 0 spiro atoms. The molecule has 3 nitrogen and oxygen atoms in total. The van der Waals surface area contributed by atoms with Crippen molar-refractivity contribution in [2.45, 2.75) is 51.7 Å². The molecule has 0 saturated carbocycles. The Bertz CT molecular complexity index is 388. The minimum Gasteiger partial charge on any atom is -0.326 e. The van der Waals surface area contributed by atoms with E-state index in [2.05, 4.69) is 55.0 Å². The second kappa shape index (κ2) is 6.56. The molecule has 2 rings (SSSR count). The standard InChI is InChI=1S/C16H29N3S/c1-5-13(17)15(14-7-6-12-20-14)18-8-10-19(11-9-18)16(2,3)4/h6-7,12-13,15H,5,8-11,17H2,1-4H3. The van der Waals surface area contributed by atoms with Crippen LogP contribution in [0.5, 0.6) is 0 Å². The molecule has 0 aliphatic carbocycles. The predicted octanol–water partition coefficient (Wildman–Crippen LogP) is 2.94. The van der Waals surface area contributed by atoms with Gasteiger partial charge in [-0.05, 0) is 38.6 Å². The van der Waals surface area contributed by atoms with E-state index in [9.17, 15) is 0 Å². The molecule has 0 aromatic carbocycles. The Hall–Kier alpha value is -0.420. The van der Waals surface area contributed by atoms with Crippen molar-refractivity contribution in [1.29, 1.82) is 0 Å². The molecule has 1 fully saturated rings. The van der Waals surface area contributed by atoms with E-state index in [1.54, 1.807) is 0 Å². The third-order valence-corrected chi connectivity index (χ3v) is 5.31. The number of nitrogens with two attached hydrogens (primary N) is 1. The molecule has 2 unspecified atom stereocenters. The summed E-state index contributed by atoms with van der Waals surface area (Å²) in [6, 6.07) is 5.00. The summed E-state index contributed by atoms with van der Waals surface area (Å²) in [5.74, 6) is 0. The third kappa shape index (κ3) is 3.61. The zero-order valence-electron chi connectivity index (χ0n) is 13.3. The molecular formula is C16H29N3S. The molecule has 1 aromatic heterocycles. The van der Waals surface area contributed by atoms with Gasteiger partial charge in [-0.3, -0.25) is 9.80 Å². The largest absolute Gasteiger partial charge is 0.326 e. The van der Waals surface area contributed by atoms with Crippen molar-refractivity contribution in [2.24, 2.45) is 5.73 Å². The summed E-state index contributed by atoms with van der Waals surface area (Å²) in [5, 5.41) is 2.16. The molecule has 4 heteroatoms. The van der Waals surface area contributed by atoms with Gasteiger partial charge in [-0.15, -0.1) is 11.3 Å². The van der Waals surface area contributed by atoms with Crippen LogP contribution in [0.15, 0.2) is 17.5 Å². The van der Waals surface area contributed by atoms with Crippen LogP contribution in [-0.2, 0) is 0 Å². The Morgan fingerprint density at radius 3 is 2.35 bits per heavy atom. The fourth-order valence-corrected chi connectivity index (χ4v) is 3.95. The highest BCUT2D eigenvalue weighted by molar-refractivity contribution is 7.10. The maximum Gasteiger partial charge on any atom is 0.0594 e. The van der Waals surface area contributed by atoms with E-state index in [1.807, 2.05) is 11.3 Å².